The third-order valence-electron chi connectivity index (χ3n) is 5.61. The highest BCUT2D eigenvalue weighted by Crippen LogP contribution is 2.49. The fraction of sp³-hybridized carbons (Fsp3) is 1.00. The lowest BCUT2D eigenvalue weighted by molar-refractivity contribution is 0.197. The Morgan fingerprint density at radius 2 is 0.759 bits per heavy atom. The van der Waals surface area contributed by atoms with E-state index in [1.54, 1.807) is 0 Å². The Labute approximate surface area is 183 Å². The maximum Gasteiger partial charge on any atom is 0.330 e. The van der Waals surface area contributed by atoms with Crippen molar-refractivity contribution in [3.8, 4) is 0 Å². The highest BCUT2D eigenvalue weighted by molar-refractivity contribution is 7.53. The first kappa shape index (κ1) is 29.1. The van der Waals surface area contributed by atoms with Crippen LogP contribution in [0.1, 0.15) is 143 Å². The number of hydrogen-bond donors (Lipinski definition) is 0. The first-order valence-corrected chi connectivity index (χ1v) is 14.8. The minimum atomic E-state index is -2.88. The van der Waals surface area contributed by atoms with E-state index in [9.17, 15) is 4.57 Å². The van der Waals surface area contributed by atoms with Crippen molar-refractivity contribution in [1.29, 1.82) is 0 Å². The van der Waals surface area contributed by atoms with E-state index in [-0.39, 0.29) is 0 Å². The van der Waals surface area contributed by atoms with Gasteiger partial charge in [0.05, 0.1) is 19.4 Å². The monoisotopic (exact) mass is 432 g/mol. The molecule has 0 rings (SSSR count). The van der Waals surface area contributed by atoms with E-state index in [4.69, 9.17) is 9.05 Å². The predicted molar refractivity (Wildman–Crippen MR) is 129 cm³/mol. The summed E-state index contributed by atoms with van der Waals surface area (Å²) in [6, 6.07) is 0. The molecule has 0 aliphatic carbocycles. The predicted octanol–water partition coefficient (Wildman–Crippen LogP) is 9.68. The Bertz CT molecular complexity index is 360. The van der Waals surface area contributed by atoms with Crippen molar-refractivity contribution in [2.45, 2.75) is 143 Å². The molecule has 0 amide bonds. The van der Waals surface area contributed by atoms with Crippen LogP contribution < -0.4 is 0 Å². The Kier molecular flexibility index (Phi) is 22.9. The second kappa shape index (κ2) is 22.8. The van der Waals surface area contributed by atoms with Gasteiger partial charge in [0.1, 0.15) is 0 Å². The third-order valence-corrected chi connectivity index (χ3v) is 7.62. The van der Waals surface area contributed by atoms with Crippen LogP contribution in [-0.2, 0) is 13.6 Å². The molecule has 176 valence electrons. The van der Waals surface area contributed by atoms with Gasteiger partial charge in [0.2, 0.25) is 0 Å². The molecule has 0 fully saturated rings. The molecular weight excluding hydrogens is 379 g/mol. The van der Waals surface area contributed by atoms with Gasteiger partial charge in [-0.3, -0.25) is 4.57 Å². The smallest absolute Gasteiger partial charge is 0.309 e. The molecule has 0 radical (unpaired) electrons. The molecule has 0 bridgehead atoms. The minimum absolute atomic E-state index is 0.581. The van der Waals surface area contributed by atoms with Crippen LogP contribution >= 0.6 is 7.60 Å². The lowest BCUT2D eigenvalue weighted by atomic mass is 10.1. The second-order valence-corrected chi connectivity index (χ2v) is 10.8. The molecule has 0 saturated carbocycles. The van der Waals surface area contributed by atoms with Crippen LogP contribution in [0, 0.1) is 0 Å². The summed E-state index contributed by atoms with van der Waals surface area (Å²) in [6.45, 7) is 7.82. The molecule has 0 N–H and O–H groups in total. The van der Waals surface area contributed by atoms with E-state index in [0.717, 1.165) is 25.7 Å². The number of hydrogen-bond acceptors (Lipinski definition) is 3. The molecular formula is C25H53O3P. The van der Waals surface area contributed by atoms with E-state index in [0.29, 0.717) is 19.4 Å². The maximum absolute atomic E-state index is 13.0. The summed E-state index contributed by atoms with van der Waals surface area (Å²) in [5.74, 6) is 0. The molecule has 0 aromatic rings. The van der Waals surface area contributed by atoms with E-state index in [1.165, 1.54) is 96.3 Å². The molecule has 4 heteroatoms. The fourth-order valence-electron chi connectivity index (χ4n) is 3.57. The Hall–Kier alpha value is 0.150. The molecule has 3 nitrogen and oxygen atoms in total. The Morgan fingerprint density at radius 1 is 0.448 bits per heavy atom. The van der Waals surface area contributed by atoms with Crippen molar-refractivity contribution in [2.24, 2.45) is 0 Å². The zero-order valence-corrected chi connectivity index (χ0v) is 21.1. The standard InChI is InChI=1S/C25H53O3P/c1-4-7-10-12-14-15-16-18-20-22-24-28-29(26,25-9-6-3)27-23-21-19-17-13-11-8-5-2/h4-25H2,1-3H3. The quantitative estimate of drug-likeness (QED) is 0.112. The van der Waals surface area contributed by atoms with Gasteiger partial charge in [0, 0.05) is 0 Å². The molecule has 1 unspecified atom stereocenters. The van der Waals surface area contributed by atoms with Crippen LogP contribution in [0.4, 0.5) is 0 Å². The lowest BCUT2D eigenvalue weighted by Crippen LogP contribution is -2.03. The average Bonchev–Trinajstić information content (AvgIpc) is 2.72. The number of rotatable bonds is 24. The van der Waals surface area contributed by atoms with Gasteiger partial charge in [-0.1, -0.05) is 124 Å². The van der Waals surface area contributed by atoms with Gasteiger partial charge in [0.25, 0.3) is 0 Å². The van der Waals surface area contributed by atoms with Crippen molar-refractivity contribution < 1.29 is 13.6 Å². The molecule has 1 atom stereocenters. The SMILES string of the molecule is CCCCCCCCCCCCOP(=O)(CCCC)OCCCCCCCCC. The van der Waals surface area contributed by atoms with Gasteiger partial charge < -0.3 is 9.05 Å². The molecule has 0 spiro atoms. The van der Waals surface area contributed by atoms with Crippen LogP contribution in [-0.4, -0.2) is 19.4 Å². The fourth-order valence-corrected chi connectivity index (χ4v) is 5.42. The highest BCUT2D eigenvalue weighted by atomic mass is 31.2. The summed E-state index contributed by atoms with van der Waals surface area (Å²) in [6.07, 6.45) is 24.3. The van der Waals surface area contributed by atoms with E-state index in [2.05, 4.69) is 20.8 Å². The summed E-state index contributed by atoms with van der Waals surface area (Å²) >= 11 is 0. The van der Waals surface area contributed by atoms with E-state index < -0.39 is 7.60 Å². The van der Waals surface area contributed by atoms with E-state index >= 15 is 0 Å². The van der Waals surface area contributed by atoms with Gasteiger partial charge in [-0.25, -0.2) is 0 Å². The van der Waals surface area contributed by atoms with E-state index in [1.807, 2.05) is 0 Å². The normalized spacial score (nSPS) is 13.6. The summed E-state index contributed by atoms with van der Waals surface area (Å²) in [5, 5.41) is 0. The maximum atomic E-state index is 13.0. The van der Waals surface area contributed by atoms with Crippen LogP contribution in [0.3, 0.4) is 0 Å². The van der Waals surface area contributed by atoms with Crippen molar-refractivity contribution in [1.82, 2.24) is 0 Å². The zero-order valence-electron chi connectivity index (χ0n) is 20.2. The second-order valence-electron chi connectivity index (χ2n) is 8.66. The van der Waals surface area contributed by atoms with Gasteiger partial charge in [-0.15, -0.1) is 0 Å². The summed E-state index contributed by atoms with van der Waals surface area (Å²) in [5.41, 5.74) is 0. The van der Waals surface area contributed by atoms with Crippen molar-refractivity contribution in [2.75, 3.05) is 19.4 Å². The Morgan fingerprint density at radius 3 is 1.10 bits per heavy atom. The molecule has 0 aliphatic rings. The van der Waals surface area contributed by atoms with Gasteiger partial charge in [0.15, 0.2) is 0 Å². The van der Waals surface area contributed by atoms with Crippen LogP contribution in [0.25, 0.3) is 0 Å². The first-order valence-electron chi connectivity index (χ1n) is 13.1. The Balaban J connectivity index is 3.73. The van der Waals surface area contributed by atoms with Crippen molar-refractivity contribution >= 4 is 7.60 Å². The highest BCUT2D eigenvalue weighted by Gasteiger charge is 2.23. The molecule has 0 aromatic carbocycles. The zero-order chi connectivity index (χ0) is 21.5. The average molecular weight is 433 g/mol. The first-order chi connectivity index (χ1) is 14.2. The molecule has 29 heavy (non-hydrogen) atoms. The molecule has 0 aromatic heterocycles. The van der Waals surface area contributed by atoms with Gasteiger partial charge in [-0.05, 0) is 19.3 Å². The summed E-state index contributed by atoms with van der Waals surface area (Å²) < 4.78 is 24.5. The molecule has 0 heterocycles. The molecule has 0 aliphatic heterocycles. The third kappa shape index (κ3) is 21.2. The lowest BCUT2D eigenvalue weighted by Gasteiger charge is -2.18. The summed E-state index contributed by atoms with van der Waals surface area (Å²) in [4.78, 5) is 0. The number of unbranched alkanes of at least 4 members (excludes halogenated alkanes) is 16. The van der Waals surface area contributed by atoms with Crippen LogP contribution in [0.2, 0.25) is 0 Å². The van der Waals surface area contributed by atoms with Crippen LogP contribution in [0.5, 0.6) is 0 Å². The van der Waals surface area contributed by atoms with Crippen molar-refractivity contribution in [3.05, 3.63) is 0 Å². The minimum Gasteiger partial charge on any atom is -0.309 e. The van der Waals surface area contributed by atoms with Gasteiger partial charge >= 0.3 is 7.60 Å². The van der Waals surface area contributed by atoms with Crippen LogP contribution in [0.15, 0.2) is 0 Å². The van der Waals surface area contributed by atoms with Crippen molar-refractivity contribution in [3.63, 3.8) is 0 Å². The van der Waals surface area contributed by atoms with Gasteiger partial charge in [-0.2, -0.15) is 0 Å². The summed E-state index contributed by atoms with van der Waals surface area (Å²) in [7, 11) is -2.88. The molecule has 0 saturated heterocycles. The largest absolute Gasteiger partial charge is 0.330 e. The topological polar surface area (TPSA) is 35.5 Å².